The summed E-state index contributed by atoms with van der Waals surface area (Å²) in [6.07, 6.45) is 1.89. The number of fused-ring (bicyclic) bond motifs is 1. The number of nitrogens with zero attached hydrogens (tertiary/aromatic N) is 4. The van der Waals surface area contributed by atoms with Crippen LogP contribution in [0.3, 0.4) is 0 Å². The predicted octanol–water partition coefficient (Wildman–Crippen LogP) is 4.05. The Morgan fingerprint density at radius 2 is 1.44 bits per heavy atom. The van der Waals surface area contributed by atoms with E-state index in [1.54, 1.807) is 0 Å². The van der Waals surface area contributed by atoms with Gasteiger partial charge < -0.3 is 4.57 Å². The first-order valence-electron chi connectivity index (χ1n) is 8.34. The third-order valence-corrected chi connectivity index (χ3v) is 4.76. The quantitative estimate of drug-likeness (QED) is 0.479. The third kappa shape index (κ3) is 6.16. The summed E-state index contributed by atoms with van der Waals surface area (Å²) in [6, 6.07) is 6.28. The summed E-state index contributed by atoms with van der Waals surface area (Å²) < 4.78 is 2.14. The van der Waals surface area contributed by atoms with Crippen molar-refractivity contribution in [3.8, 4) is 0 Å². The van der Waals surface area contributed by atoms with Crippen molar-refractivity contribution >= 4 is 57.4 Å². The zero-order valence-corrected chi connectivity index (χ0v) is 17.2. The molecule has 8 heteroatoms. The molecule has 0 unspecified atom stereocenters. The van der Waals surface area contributed by atoms with E-state index in [0.717, 1.165) is 50.4 Å². The molecule has 1 heterocycles. The van der Waals surface area contributed by atoms with E-state index in [9.17, 15) is 0 Å². The van der Waals surface area contributed by atoms with Crippen molar-refractivity contribution in [3.63, 3.8) is 0 Å². The molecule has 0 radical (unpaired) electrons. The Hall–Kier alpha value is -0.230. The van der Waals surface area contributed by atoms with E-state index >= 15 is 0 Å². The molecule has 0 atom stereocenters. The van der Waals surface area contributed by atoms with Gasteiger partial charge in [0.1, 0.15) is 0 Å². The van der Waals surface area contributed by atoms with Crippen LogP contribution < -0.4 is 0 Å². The van der Waals surface area contributed by atoms with Crippen LogP contribution in [-0.4, -0.2) is 69.0 Å². The molecule has 140 valence electrons. The number of rotatable bonds is 12. The lowest BCUT2D eigenvalue weighted by molar-refractivity contribution is 0.248. The number of halogens is 4. The van der Waals surface area contributed by atoms with Crippen LogP contribution in [0.2, 0.25) is 0 Å². The molecule has 2 rings (SSSR count). The lowest BCUT2D eigenvalue weighted by Crippen LogP contribution is -2.30. The van der Waals surface area contributed by atoms with E-state index in [-0.39, 0.29) is 0 Å². The van der Waals surface area contributed by atoms with Gasteiger partial charge >= 0.3 is 0 Å². The maximum Gasteiger partial charge on any atom is 0.0969 e. The highest BCUT2D eigenvalue weighted by Gasteiger charge is 2.13. The second-order valence-corrected chi connectivity index (χ2v) is 7.30. The molecule has 0 fully saturated rings. The Bertz CT molecular complexity index is 622. The Morgan fingerprint density at radius 1 is 0.840 bits per heavy atom. The zero-order valence-electron chi connectivity index (χ0n) is 14.2. The van der Waals surface area contributed by atoms with Crippen LogP contribution >= 0.6 is 46.4 Å². The van der Waals surface area contributed by atoms with Gasteiger partial charge in [0, 0.05) is 56.2 Å². The first-order chi connectivity index (χ1) is 12.2. The molecule has 0 N–H and O–H groups in total. The number of hydrogen-bond donors (Lipinski definition) is 0. The molecule has 0 aliphatic heterocycles. The average Bonchev–Trinajstić information content (AvgIpc) is 3.00. The van der Waals surface area contributed by atoms with Gasteiger partial charge in [-0.1, -0.05) is 12.1 Å². The third-order valence-electron chi connectivity index (χ3n) is 4.08. The second kappa shape index (κ2) is 11.5. The van der Waals surface area contributed by atoms with Crippen LogP contribution in [0.1, 0.15) is 5.56 Å². The van der Waals surface area contributed by atoms with Gasteiger partial charge in [-0.3, -0.25) is 9.80 Å². The first kappa shape index (κ1) is 21.1. The van der Waals surface area contributed by atoms with Crippen LogP contribution in [0.15, 0.2) is 24.5 Å². The fourth-order valence-corrected chi connectivity index (χ4v) is 3.80. The fourth-order valence-electron chi connectivity index (χ4n) is 2.85. The molecule has 0 saturated carbocycles. The van der Waals surface area contributed by atoms with Crippen molar-refractivity contribution in [2.24, 2.45) is 0 Å². The minimum Gasteiger partial charge on any atom is -0.317 e. The monoisotopic (exact) mass is 424 g/mol. The van der Waals surface area contributed by atoms with Crippen molar-refractivity contribution in [1.29, 1.82) is 0 Å². The molecule has 25 heavy (non-hydrogen) atoms. The van der Waals surface area contributed by atoms with Gasteiger partial charge in [0.15, 0.2) is 0 Å². The van der Waals surface area contributed by atoms with Gasteiger partial charge in [-0.05, 0) is 11.6 Å². The summed E-state index contributed by atoms with van der Waals surface area (Å²) in [6.45, 7) is 4.74. The highest BCUT2D eigenvalue weighted by atomic mass is 35.5. The van der Waals surface area contributed by atoms with E-state index in [1.807, 2.05) is 6.33 Å². The fraction of sp³-hybridized carbons (Fsp3) is 0.588. The van der Waals surface area contributed by atoms with Crippen LogP contribution in [0.4, 0.5) is 0 Å². The van der Waals surface area contributed by atoms with Crippen molar-refractivity contribution in [1.82, 2.24) is 19.4 Å². The summed E-state index contributed by atoms with van der Waals surface area (Å²) in [4.78, 5) is 9.12. The molecule has 0 amide bonds. The smallest absolute Gasteiger partial charge is 0.0969 e. The average molecular weight is 426 g/mol. The maximum atomic E-state index is 5.91. The number of alkyl halides is 4. The topological polar surface area (TPSA) is 24.3 Å². The van der Waals surface area contributed by atoms with Crippen LogP contribution in [0.5, 0.6) is 0 Å². The standard InChI is InChI=1S/C17H24Cl4N4/c18-4-8-23(9-5-19)12-15-2-1-3-16-17(15)22-13-25(16)14-24(10-6-20)11-7-21/h1-3,13H,4-12,14H2. The Labute approximate surface area is 169 Å². The number of aromatic nitrogens is 2. The van der Waals surface area contributed by atoms with Gasteiger partial charge in [-0.25, -0.2) is 4.98 Å². The van der Waals surface area contributed by atoms with Crippen LogP contribution in [0, 0.1) is 0 Å². The van der Waals surface area contributed by atoms with Gasteiger partial charge in [0.2, 0.25) is 0 Å². The predicted molar refractivity (Wildman–Crippen MR) is 109 cm³/mol. The van der Waals surface area contributed by atoms with E-state index in [4.69, 9.17) is 46.4 Å². The van der Waals surface area contributed by atoms with Crippen molar-refractivity contribution in [3.05, 3.63) is 30.1 Å². The van der Waals surface area contributed by atoms with Crippen LogP contribution in [-0.2, 0) is 13.2 Å². The molecule has 2 aromatic rings. The number of benzene rings is 1. The number of imidazole rings is 1. The van der Waals surface area contributed by atoms with E-state index in [1.165, 1.54) is 5.56 Å². The molecule has 0 spiro atoms. The van der Waals surface area contributed by atoms with Gasteiger partial charge in [-0.2, -0.15) is 0 Å². The van der Waals surface area contributed by atoms with E-state index in [2.05, 4.69) is 37.5 Å². The van der Waals surface area contributed by atoms with Crippen molar-refractivity contribution < 1.29 is 0 Å². The highest BCUT2D eigenvalue weighted by Crippen LogP contribution is 2.20. The summed E-state index contributed by atoms with van der Waals surface area (Å²) >= 11 is 23.6. The molecule has 1 aromatic heterocycles. The van der Waals surface area contributed by atoms with E-state index < -0.39 is 0 Å². The van der Waals surface area contributed by atoms with Crippen molar-refractivity contribution in [2.45, 2.75) is 13.2 Å². The minimum atomic E-state index is 0.584. The Balaban J connectivity index is 2.20. The summed E-state index contributed by atoms with van der Waals surface area (Å²) in [5.74, 6) is 2.35. The summed E-state index contributed by atoms with van der Waals surface area (Å²) in [7, 11) is 0. The first-order valence-corrected chi connectivity index (χ1v) is 10.5. The SMILES string of the molecule is ClCCN(CCCl)Cc1cccc2c1ncn2CN(CCCl)CCCl. The van der Waals surface area contributed by atoms with Gasteiger partial charge in [0.25, 0.3) is 0 Å². The lowest BCUT2D eigenvalue weighted by atomic mass is 10.1. The highest BCUT2D eigenvalue weighted by molar-refractivity contribution is 6.18. The summed E-state index contributed by atoms with van der Waals surface area (Å²) in [5, 5.41) is 0. The zero-order chi connectivity index (χ0) is 18.1. The second-order valence-electron chi connectivity index (χ2n) is 5.79. The molecule has 0 saturated heterocycles. The Morgan fingerprint density at radius 3 is 2.04 bits per heavy atom. The lowest BCUT2D eigenvalue weighted by Gasteiger charge is -2.21. The Kier molecular flexibility index (Phi) is 9.67. The largest absolute Gasteiger partial charge is 0.317 e. The minimum absolute atomic E-state index is 0.584. The maximum absolute atomic E-state index is 5.91. The van der Waals surface area contributed by atoms with Crippen LogP contribution in [0.25, 0.3) is 11.0 Å². The number of para-hydroxylation sites is 1. The molecular weight excluding hydrogens is 402 g/mol. The summed E-state index contributed by atoms with van der Waals surface area (Å²) in [5.41, 5.74) is 3.32. The number of hydrogen-bond acceptors (Lipinski definition) is 3. The van der Waals surface area contributed by atoms with Gasteiger partial charge in [-0.15, -0.1) is 46.4 Å². The van der Waals surface area contributed by atoms with Crippen molar-refractivity contribution in [2.75, 3.05) is 49.7 Å². The van der Waals surface area contributed by atoms with E-state index in [0.29, 0.717) is 23.5 Å². The molecule has 0 aliphatic rings. The molecule has 1 aromatic carbocycles. The molecule has 0 bridgehead atoms. The normalized spacial score (nSPS) is 11.9. The molecular formula is C17H24Cl4N4. The molecule has 0 aliphatic carbocycles. The van der Waals surface area contributed by atoms with Gasteiger partial charge in [0.05, 0.1) is 24.0 Å². The molecule has 4 nitrogen and oxygen atoms in total.